The molecule has 3 aromatic heterocycles. The van der Waals surface area contributed by atoms with E-state index < -0.39 is 0 Å². The summed E-state index contributed by atoms with van der Waals surface area (Å²) in [4.78, 5) is 18.1. The van der Waals surface area contributed by atoms with E-state index in [1.807, 2.05) is 34.0 Å². The molecule has 1 radical (unpaired) electrons. The molecule has 0 aliphatic rings. The number of benzene rings is 3. The first-order chi connectivity index (χ1) is 24.8. The summed E-state index contributed by atoms with van der Waals surface area (Å²) in [5, 5.41) is 13.4. The van der Waals surface area contributed by atoms with Crippen LogP contribution in [0.3, 0.4) is 0 Å². The largest absolute Gasteiger partial charge is 0.512 e. The molecule has 0 bridgehead atoms. The van der Waals surface area contributed by atoms with Crippen LogP contribution in [0.5, 0.6) is 0 Å². The molecule has 0 amide bonds. The fourth-order valence-electron chi connectivity index (χ4n) is 7.11. The number of aryl methyl sites for hydroxylation is 1. The zero-order chi connectivity index (χ0) is 37.7. The van der Waals surface area contributed by atoms with Gasteiger partial charge < -0.3 is 9.52 Å². The second-order valence-corrected chi connectivity index (χ2v) is 16.8. The maximum Gasteiger partial charge on any atom is 0.162 e. The number of hydrogen-bond donors (Lipinski definition) is 1. The number of nitrogens with zero attached hydrogens (tertiary/aromatic N) is 1. The molecule has 0 spiro atoms. The summed E-state index contributed by atoms with van der Waals surface area (Å²) in [7, 11) is 0. The second-order valence-electron chi connectivity index (χ2n) is 15.6. The Kier molecular flexibility index (Phi) is 14.5. The molecule has 3 heterocycles. The standard InChI is InChI=1S/C34H32NOS.C13H24O2.Ir/c1-20(2)13-25-19-36-32-17-23(11-12-27(25)32)28-18-30(35-31-14-21(3)37-33(28)31)24-15-22-9-7-8-10-26(22)29(16-24)34(4,5)6;1-5-10(6-2)12(14)9-13(15)11(7-3)8-4;/h7-12,14,16-20H,13H2,1-6H3;9-11,14H,5-8H2,1-4H3;/q-1;;/b;12-9-;. The maximum atomic E-state index is 11.7. The summed E-state index contributed by atoms with van der Waals surface area (Å²) in [6.07, 6.45) is 7.85. The first-order valence-electron chi connectivity index (χ1n) is 19.1. The van der Waals surface area contributed by atoms with E-state index >= 15 is 0 Å². The van der Waals surface area contributed by atoms with Crippen LogP contribution in [-0.2, 0) is 36.7 Å². The SMILES string of the molecule is CCC(CC)C(=O)/C=C(\O)C(CC)CC.Cc1cc2nc(-c3[c-]c4ccccc4c(C(C)(C)C)c3)cc(-c3ccc4c(CC(C)C)coc4c3)c2s1.[Ir]. The minimum Gasteiger partial charge on any atom is -0.512 e. The molecule has 1 N–H and O–H groups in total. The average molecular weight is 907 g/mol. The van der Waals surface area contributed by atoms with Gasteiger partial charge in [0.1, 0.15) is 5.58 Å². The molecule has 6 rings (SSSR count). The predicted molar refractivity (Wildman–Crippen MR) is 222 cm³/mol. The molecule has 6 heteroatoms. The van der Waals surface area contributed by atoms with Crippen molar-refractivity contribution in [3.05, 3.63) is 101 Å². The molecule has 53 heavy (non-hydrogen) atoms. The minimum absolute atomic E-state index is 0. The molecule has 0 aliphatic heterocycles. The van der Waals surface area contributed by atoms with Gasteiger partial charge in [-0.25, -0.2) is 0 Å². The number of hydrogen-bond acceptors (Lipinski definition) is 5. The van der Waals surface area contributed by atoms with Crippen molar-refractivity contribution in [3.8, 4) is 22.4 Å². The van der Waals surface area contributed by atoms with Crippen LogP contribution in [0.4, 0.5) is 0 Å². The van der Waals surface area contributed by atoms with Crippen LogP contribution in [-0.4, -0.2) is 15.9 Å². The van der Waals surface area contributed by atoms with Gasteiger partial charge in [0, 0.05) is 54.0 Å². The van der Waals surface area contributed by atoms with Gasteiger partial charge in [0.15, 0.2) is 5.78 Å². The van der Waals surface area contributed by atoms with Crippen LogP contribution in [0.1, 0.15) is 104 Å². The van der Waals surface area contributed by atoms with E-state index in [4.69, 9.17) is 9.40 Å². The van der Waals surface area contributed by atoms with Crippen molar-refractivity contribution < 1.29 is 34.4 Å². The Morgan fingerprint density at radius 2 is 1.60 bits per heavy atom. The number of carbonyl (C=O) groups is 1. The zero-order valence-corrected chi connectivity index (χ0v) is 36.4. The van der Waals surface area contributed by atoms with E-state index in [1.165, 1.54) is 43.1 Å². The molecule has 0 atom stereocenters. The quantitative estimate of drug-likeness (QED) is 0.0799. The molecule has 0 aliphatic carbocycles. The molecule has 6 aromatic rings. The third-order valence-corrected chi connectivity index (χ3v) is 11.2. The van der Waals surface area contributed by atoms with Crippen LogP contribution in [0.25, 0.3) is 54.3 Å². The van der Waals surface area contributed by atoms with Gasteiger partial charge in [0.05, 0.1) is 22.2 Å². The molecule has 4 nitrogen and oxygen atoms in total. The van der Waals surface area contributed by atoms with Crippen LogP contribution in [0.2, 0.25) is 0 Å². The third kappa shape index (κ3) is 9.76. The van der Waals surface area contributed by atoms with E-state index in [9.17, 15) is 9.90 Å². The van der Waals surface area contributed by atoms with E-state index in [2.05, 4.69) is 108 Å². The molecular formula is C47H56IrNO3S-. The summed E-state index contributed by atoms with van der Waals surface area (Å²) in [5.74, 6) is 1.14. The van der Waals surface area contributed by atoms with Gasteiger partial charge >= 0.3 is 0 Å². The van der Waals surface area contributed by atoms with Crippen LogP contribution in [0.15, 0.2) is 83.2 Å². The molecule has 0 fully saturated rings. The normalized spacial score (nSPS) is 12.2. The predicted octanol–water partition coefficient (Wildman–Crippen LogP) is 14.0. The van der Waals surface area contributed by atoms with Gasteiger partial charge in [0.25, 0.3) is 0 Å². The van der Waals surface area contributed by atoms with Gasteiger partial charge in [-0.3, -0.25) is 9.78 Å². The summed E-state index contributed by atoms with van der Waals surface area (Å²) in [5.41, 5.74) is 8.93. The Bertz CT molecular complexity index is 2190. The summed E-state index contributed by atoms with van der Waals surface area (Å²) >= 11 is 1.80. The average Bonchev–Trinajstić information content (AvgIpc) is 3.69. The number of thiophene rings is 1. The van der Waals surface area contributed by atoms with E-state index in [-0.39, 0.29) is 48.9 Å². The maximum absolute atomic E-state index is 11.7. The number of aliphatic hydroxyl groups excluding tert-OH is 1. The first-order valence-corrected chi connectivity index (χ1v) is 19.9. The number of allylic oxidation sites excluding steroid dienone is 2. The van der Waals surface area contributed by atoms with E-state index in [0.29, 0.717) is 5.92 Å². The van der Waals surface area contributed by atoms with E-state index in [0.717, 1.165) is 65.4 Å². The Morgan fingerprint density at radius 3 is 2.25 bits per heavy atom. The first kappa shape index (κ1) is 42.2. The van der Waals surface area contributed by atoms with Crippen LogP contribution in [0, 0.1) is 30.7 Å². The van der Waals surface area contributed by atoms with Gasteiger partial charge in [-0.15, -0.1) is 40.5 Å². The zero-order valence-electron chi connectivity index (χ0n) is 33.1. The molecule has 0 unspecified atom stereocenters. The number of fused-ring (bicyclic) bond motifs is 3. The summed E-state index contributed by atoms with van der Waals surface area (Å²) in [6.45, 7) is 21.5. The number of aliphatic hydroxyl groups is 1. The number of furan rings is 1. The smallest absolute Gasteiger partial charge is 0.162 e. The number of pyridine rings is 1. The Morgan fingerprint density at radius 1 is 0.925 bits per heavy atom. The molecular weight excluding hydrogens is 851 g/mol. The van der Waals surface area contributed by atoms with Crippen molar-refractivity contribution in [2.24, 2.45) is 17.8 Å². The fraction of sp³-hybridized carbons (Fsp3) is 0.404. The Labute approximate surface area is 334 Å². The topological polar surface area (TPSA) is 63.3 Å². The van der Waals surface area contributed by atoms with Crippen molar-refractivity contribution >= 4 is 49.1 Å². The van der Waals surface area contributed by atoms with Crippen molar-refractivity contribution in [2.75, 3.05) is 0 Å². The van der Waals surface area contributed by atoms with Gasteiger partial charge in [-0.05, 0) is 79.2 Å². The van der Waals surface area contributed by atoms with Crippen molar-refractivity contribution in [1.82, 2.24) is 4.98 Å². The summed E-state index contributed by atoms with van der Waals surface area (Å²) in [6, 6.07) is 25.6. The fourth-order valence-corrected chi connectivity index (χ4v) is 8.10. The Hall–Kier alpha value is -3.57. The van der Waals surface area contributed by atoms with Crippen molar-refractivity contribution in [2.45, 2.75) is 107 Å². The molecule has 0 saturated heterocycles. The van der Waals surface area contributed by atoms with Crippen LogP contribution < -0.4 is 0 Å². The van der Waals surface area contributed by atoms with Crippen LogP contribution >= 0.6 is 11.3 Å². The summed E-state index contributed by atoms with van der Waals surface area (Å²) < 4.78 is 7.24. The molecule has 283 valence electrons. The van der Waals surface area contributed by atoms with E-state index in [1.54, 1.807) is 11.3 Å². The second kappa shape index (κ2) is 18.2. The molecule has 0 saturated carbocycles. The number of carbonyl (C=O) groups excluding carboxylic acids is 1. The number of aromatic nitrogens is 1. The van der Waals surface area contributed by atoms with Crippen molar-refractivity contribution in [1.29, 1.82) is 0 Å². The third-order valence-electron chi connectivity index (χ3n) is 10.1. The monoisotopic (exact) mass is 907 g/mol. The van der Waals surface area contributed by atoms with Gasteiger partial charge in [0.2, 0.25) is 0 Å². The van der Waals surface area contributed by atoms with Gasteiger partial charge in [-0.1, -0.05) is 110 Å². The molecule has 3 aromatic carbocycles. The number of rotatable bonds is 11. The van der Waals surface area contributed by atoms with Gasteiger partial charge in [-0.2, -0.15) is 0 Å². The van der Waals surface area contributed by atoms with Crippen molar-refractivity contribution in [3.63, 3.8) is 0 Å². The minimum atomic E-state index is 0. The Balaban J connectivity index is 0.000000335. The number of ketones is 1.